The molecule has 6 nitrogen and oxygen atoms in total. The Hall–Kier alpha value is -0.660. The standard InChI is InChI=1S/C29H49NO5S/c1-6-19-23-16-18(31)9-11-29(23,5)22-10-12-28(4)20(7-8-21(28)25(22)26(19)33)17(2)15-24(32)30-36(34,35)27(3)13-14-27/h17-23,25-26,31,33H,6-16H2,1-5H3,(H,30,32)/t17?,18-,19-,20-,21+,22+,23+,25+,26-,28-,29-/m1/s1. The fourth-order valence-corrected chi connectivity index (χ4v) is 11.4. The molecule has 0 heterocycles. The van der Waals surface area contributed by atoms with E-state index in [1.165, 1.54) is 0 Å². The minimum absolute atomic E-state index is 0.0683. The zero-order chi connectivity index (χ0) is 26.3. The van der Waals surface area contributed by atoms with Crippen LogP contribution in [0.4, 0.5) is 0 Å². The lowest BCUT2D eigenvalue weighted by Gasteiger charge is -2.64. The predicted octanol–water partition coefficient (Wildman–Crippen LogP) is 4.64. The van der Waals surface area contributed by atoms with Crippen LogP contribution in [0.3, 0.4) is 0 Å². The van der Waals surface area contributed by atoms with Crippen LogP contribution in [0.5, 0.6) is 0 Å². The molecule has 1 amide bonds. The van der Waals surface area contributed by atoms with Gasteiger partial charge in [0, 0.05) is 6.42 Å². The molecule has 0 aromatic heterocycles. The lowest BCUT2D eigenvalue weighted by Crippen LogP contribution is -2.62. The molecular weight excluding hydrogens is 474 g/mol. The second-order valence-corrected chi connectivity index (χ2v) is 16.5. The third kappa shape index (κ3) is 4.00. The van der Waals surface area contributed by atoms with Crippen molar-refractivity contribution in [1.29, 1.82) is 0 Å². The third-order valence-electron chi connectivity index (χ3n) is 12.5. The molecule has 5 aliphatic rings. The number of carbonyl (C=O) groups is 1. The topological polar surface area (TPSA) is 104 Å². The van der Waals surface area contributed by atoms with Crippen LogP contribution in [0.15, 0.2) is 0 Å². The van der Waals surface area contributed by atoms with Crippen LogP contribution in [-0.4, -0.2) is 41.5 Å². The number of sulfonamides is 1. The number of fused-ring (bicyclic) bond motifs is 5. The monoisotopic (exact) mass is 523 g/mol. The zero-order valence-electron chi connectivity index (χ0n) is 23.0. The van der Waals surface area contributed by atoms with Gasteiger partial charge in [-0.15, -0.1) is 0 Å². The third-order valence-corrected chi connectivity index (χ3v) is 14.7. The Kier molecular flexibility index (Phi) is 6.69. The molecule has 5 fully saturated rings. The van der Waals surface area contributed by atoms with E-state index in [1.54, 1.807) is 6.92 Å². The summed E-state index contributed by atoms with van der Waals surface area (Å²) in [6, 6.07) is 0. The van der Waals surface area contributed by atoms with Crippen molar-refractivity contribution in [3.05, 3.63) is 0 Å². The average Bonchev–Trinajstić information content (AvgIpc) is 3.46. The van der Waals surface area contributed by atoms with Crippen molar-refractivity contribution < 1.29 is 23.4 Å². The number of aliphatic hydroxyl groups is 2. The van der Waals surface area contributed by atoms with Crippen molar-refractivity contribution in [2.45, 2.75) is 122 Å². The number of carbonyl (C=O) groups excluding carboxylic acids is 1. The first-order valence-electron chi connectivity index (χ1n) is 14.7. The fraction of sp³-hybridized carbons (Fsp3) is 0.966. The van der Waals surface area contributed by atoms with E-state index in [2.05, 4.69) is 32.4 Å². The quantitative estimate of drug-likeness (QED) is 0.471. The minimum Gasteiger partial charge on any atom is -0.393 e. The molecule has 11 atom stereocenters. The molecule has 0 aromatic rings. The summed E-state index contributed by atoms with van der Waals surface area (Å²) in [5.74, 6) is 1.95. The van der Waals surface area contributed by atoms with Gasteiger partial charge in [-0.25, -0.2) is 8.42 Å². The lowest BCUT2D eigenvalue weighted by molar-refractivity contribution is -0.203. The van der Waals surface area contributed by atoms with Gasteiger partial charge in [0.1, 0.15) is 0 Å². The maximum atomic E-state index is 12.8. The molecular formula is C29H49NO5S. The highest BCUT2D eigenvalue weighted by Gasteiger charge is 2.65. The number of aliphatic hydroxyl groups excluding tert-OH is 2. The second-order valence-electron chi connectivity index (χ2n) is 14.3. The van der Waals surface area contributed by atoms with Crippen molar-refractivity contribution in [3.63, 3.8) is 0 Å². The van der Waals surface area contributed by atoms with Gasteiger partial charge in [-0.1, -0.05) is 34.1 Å². The normalized spacial score (nSPS) is 48.3. The van der Waals surface area contributed by atoms with Crippen LogP contribution >= 0.6 is 0 Å². The van der Waals surface area contributed by atoms with E-state index in [4.69, 9.17) is 0 Å². The Labute approximate surface area is 218 Å². The van der Waals surface area contributed by atoms with Crippen LogP contribution in [-0.2, 0) is 14.8 Å². The first kappa shape index (κ1) is 26.9. The highest BCUT2D eigenvalue weighted by Crippen LogP contribution is 2.69. The van der Waals surface area contributed by atoms with E-state index in [0.29, 0.717) is 36.5 Å². The Balaban J connectivity index is 1.34. The van der Waals surface area contributed by atoms with Crippen LogP contribution in [0.25, 0.3) is 0 Å². The maximum absolute atomic E-state index is 12.8. The molecule has 7 heteroatoms. The second kappa shape index (κ2) is 8.94. The summed E-state index contributed by atoms with van der Waals surface area (Å²) in [5.41, 5.74) is 0.251. The molecule has 0 aromatic carbocycles. The van der Waals surface area contributed by atoms with Gasteiger partial charge in [-0.2, -0.15) is 0 Å². The first-order chi connectivity index (χ1) is 16.8. The van der Waals surface area contributed by atoms with E-state index in [-0.39, 0.29) is 53.1 Å². The number of rotatable bonds is 6. The van der Waals surface area contributed by atoms with Crippen molar-refractivity contribution in [3.8, 4) is 0 Å². The van der Waals surface area contributed by atoms with Crippen molar-refractivity contribution in [2.75, 3.05) is 0 Å². The average molecular weight is 524 g/mol. The molecule has 0 bridgehead atoms. The van der Waals surface area contributed by atoms with Gasteiger partial charge < -0.3 is 10.2 Å². The van der Waals surface area contributed by atoms with E-state index in [1.807, 2.05) is 0 Å². The summed E-state index contributed by atoms with van der Waals surface area (Å²) in [7, 11) is -3.60. The van der Waals surface area contributed by atoms with Crippen molar-refractivity contribution in [1.82, 2.24) is 4.72 Å². The summed E-state index contributed by atoms with van der Waals surface area (Å²) in [6.07, 6.45) is 8.99. The molecule has 0 aliphatic heterocycles. The van der Waals surface area contributed by atoms with Gasteiger partial charge >= 0.3 is 0 Å². The van der Waals surface area contributed by atoms with Gasteiger partial charge in [-0.3, -0.25) is 9.52 Å². The summed E-state index contributed by atoms with van der Waals surface area (Å²) in [6.45, 7) is 10.9. The van der Waals surface area contributed by atoms with Crippen LogP contribution < -0.4 is 4.72 Å². The summed E-state index contributed by atoms with van der Waals surface area (Å²) >= 11 is 0. The van der Waals surface area contributed by atoms with Crippen LogP contribution in [0, 0.1) is 52.3 Å². The Morgan fingerprint density at radius 2 is 1.58 bits per heavy atom. The SMILES string of the molecule is CC[C@H]1[C@@H](O)[C@@H]2[C@H](CC[C@]3(C)[C@@H](C(C)CC(=O)NS(=O)(=O)C4(C)CC4)CC[C@@H]23)[C@@]2(C)CC[C@@H](O)C[C@@H]12. The molecule has 5 saturated carbocycles. The molecule has 5 rings (SSSR count). The fourth-order valence-electron chi connectivity index (χ4n) is 10.1. The number of nitrogens with one attached hydrogen (secondary N) is 1. The molecule has 1 unspecified atom stereocenters. The molecule has 36 heavy (non-hydrogen) atoms. The van der Waals surface area contributed by atoms with Crippen molar-refractivity contribution >= 4 is 15.9 Å². The lowest BCUT2D eigenvalue weighted by atomic mass is 9.41. The van der Waals surface area contributed by atoms with Gasteiger partial charge in [0.2, 0.25) is 15.9 Å². The highest BCUT2D eigenvalue weighted by atomic mass is 32.2. The minimum atomic E-state index is -3.60. The van der Waals surface area contributed by atoms with Gasteiger partial charge in [0.15, 0.2) is 0 Å². The zero-order valence-corrected chi connectivity index (χ0v) is 23.8. The summed E-state index contributed by atoms with van der Waals surface area (Å²) in [5, 5.41) is 22.3. The van der Waals surface area contributed by atoms with E-state index >= 15 is 0 Å². The predicted molar refractivity (Wildman–Crippen MR) is 140 cm³/mol. The molecule has 206 valence electrons. The largest absolute Gasteiger partial charge is 0.393 e. The smallest absolute Gasteiger partial charge is 0.240 e. The maximum Gasteiger partial charge on any atom is 0.240 e. The summed E-state index contributed by atoms with van der Waals surface area (Å²) < 4.78 is 26.7. The summed E-state index contributed by atoms with van der Waals surface area (Å²) in [4.78, 5) is 12.8. The van der Waals surface area contributed by atoms with Gasteiger partial charge in [-0.05, 0) is 117 Å². The van der Waals surface area contributed by atoms with Crippen LogP contribution in [0.2, 0.25) is 0 Å². The molecule has 3 N–H and O–H groups in total. The molecule has 5 aliphatic carbocycles. The number of hydrogen-bond donors (Lipinski definition) is 3. The molecule has 0 saturated heterocycles. The highest BCUT2D eigenvalue weighted by molar-refractivity contribution is 7.91. The Morgan fingerprint density at radius 3 is 2.22 bits per heavy atom. The molecule has 0 spiro atoms. The first-order valence-corrected chi connectivity index (χ1v) is 16.2. The Morgan fingerprint density at radius 1 is 0.944 bits per heavy atom. The number of amides is 1. The van der Waals surface area contributed by atoms with E-state index in [9.17, 15) is 23.4 Å². The molecule has 0 radical (unpaired) electrons. The van der Waals surface area contributed by atoms with Crippen molar-refractivity contribution in [2.24, 2.45) is 52.3 Å². The van der Waals surface area contributed by atoms with E-state index in [0.717, 1.165) is 51.4 Å². The van der Waals surface area contributed by atoms with Gasteiger partial charge in [0.05, 0.1) is 17.0 Å². The van der Waals surface area contributed by atoms with E-state index < -0.39 is 14.8 Å². The number of hydrogen-bond acceptors (Lipinski definition) is 5. The Bertz CT molecular complexity index is 978. The van der Waals surface area contributed by atoms with Gasteiger partial charge in [0.25, 0.3) is 0 Å². The van der Waals surface area contributed by atoms with Crippen LogP contribution in [0.1, 0.15) is 105 Å².